The quantitative estimate of drug-likeness (QED) is 0.408. The normalized spacial score (nSPS) is 33.3. The van der Waals surface area contributed by atoms with E-state index in [2.05, 4.69) is 10.5 Å². The molecule has 1 spiro atoms. The van der Waals surface area contributed by atoms with Gasteiger partial charge in [-0.1, -0.05) is 23.4 Å². The molecule has 2 N–H and O–H groups in total. The lowest BCUT2D eigenvalue weighted by Gasteiger charge is -2.31. The number of carbonyl (C=O) groups excluding carboxylic acids is 2. The number of nitrogens with zero attached hydrogens (tertiary/aromatic N) is 1. The number of rotatable bonds is 0. The molecule has 0 bridgehead atoms. The molecular formula is C14H12N2O3. The maximum Gasteiger partial charge on any atom is 0.238 e. The summed E-state index contributed by atoms with van der Waals surface area (Å²) in [7, 11) is 0. The van der Waals surface area contributed by atoms with Gasteiger partial charge in [-0.05, 0) is 30.4 Å². The smallest absolute Gasteiger partial charge is 0.238 e. The lowest BCUT2D eigenvalue weighted by molar-refractivity contribution is -0.126. The molecule has 5 heteroatoms. The highest BCUT2D eigenvalue weighted by atomic mass is 16.4. The molecule has 0 unspecified atom stereocenters. The van der Waals surface area contributed by atoms with Crippen molar-refractivity contribution in [2.45, 2.75) is 24.7 Å². The van der Waals surface area contributed by atoms with E-state index < -0.39 is 11.3 Å². The van der Waals surface area contributed by atoms with Gasteiger partial charge in [-0.3, -0.25) is 14.9 Å². The van der Waals surface area contributed by atoms with Gasteiger partial charge in [0.15, 0.2) is 0 Å². The lowest BCUT2D eigenvalue weighted by Crippen LogP contribution is -2.40. The van der Waals surface area contributed by atoms with Crippen LogP contribution in [0, 0.1) is 5.92 Å². The molecular weight excluding hydrogens is 244 g/mol. The van der Waals surface area contributed by atoms with Gasteiger partial charge in [0.25, 0.3) is 0 Å². The first-order chi connectivity index (χ1) is 9.20. The van der Waals surface area contributed by atoms with Crippen LogP contribution < -0.4 is 5.32 Å². The minimum Gasteiger partial charge on any atom is -0.411 e. The summed E-state index contributed by atoms with van der Waals surface area (Å²) in [5, 5.41) is 15.0. The molecule has 5 nitrogen and oxygen atoms in total. The van der Waals surface area contributed by atoms with Crippen molar-refractivity contribution in [1.29, 1.82) is 0 Å². The average molecular weight is 256 g/mol. The Hall–Kier alpha value is -2.17. The summed E-state index contributed by atoms with van der Waals surface area (Å²) >= 11 is 0. The van der Waals surface area contributed by atoms with Crippen molar-refractivity contribution in [1.82, 2.24) is 5.32 Å². The Balaban J connectivity index is 2.13. The third kappa shape index (κ3) is 1.01. The number of carbonyl (C=O) groups is 2. The van der Waals surface area contributed by atoms with Gasteiger partial charge in [-0.25, -0.2) is 0 Å². The Labute approximate surface area is 109 Å². The van der Waals surface area contributed by atoms with Crippen LogP contribution in [-0.2, 0) is 21.4 Å². The van der Waals surface area contributed by atoms with E-state index in [9.17, 15) is 14.8 Å². The summed E-state index contributed by atoms with van der Waals surface area (Å²) in [5.74, 6) is -1.25. The second kappa shape index (κ2) is 3.23. The van der Waals surface area contributed by atoms with E-state index in [0.29, 0.717) is 12.1 Å². The molecule has 96 valence electrons. The molecule has 1 aromatic carbocycles. The van der Waals surface area contributed by atoms with Crippen LogP contribution in [0.5, 0.6) is 0 Å². The van der Waals surface area contributed by atoms with E-state index in [1.807, 2.05) is 18.2 Å². The minimum atomic E-state index is -0.831. The number of benzene rings is 1. The first-order valence-corrected chi connectivity index (χ1v) is 6.40. The fraction of sp³-hybridized carbons (Fsp3) is 0.357. The third-order valence-corrected chi connectivity index (χ3v) is 4.67. The SMILES string of the molecule is O=C1NC(=O)[C@@]23CCCc4cccc(c42)/C(=N\O)[C@H]13. The highest BCUT2D eigenvalue weighted by molar-refractivity contribution is 6.29. The van der Waals surface area contributed by atoms with Gasteiger partial charge in [0.1, 0.15) is 11.6 Å². The van der Waals surface area contributed by atoms with Gasteiger partial charge in [0.2, 0.25) is 11.8 Å². The molecule has 3 aliphatic rings. The predicted molar refractivity (Wildman–Crippen MR) is 66.0 cm³/mol. The molecule has 4 rings (SSSR count). The van der Waals surface area contributed by atoms with E-state index in [1.54, 1.807) is 0 Å². The highest BCUT2D eigenvalue weighted by Gasteiger charge is 2.64. The van der Waals surface area contributed by atoms with E-state index in [-0.39, 0.29) is 11.8 Å². The van der Waals surface area contributed by atoms with Crippen LogP contribution in [-0.4, -0.2) is 22.7 Å². The van der Waals surface area contributed by atoms with Crippen molar-refractivity contribution in [2.75, 3.05) is 0 Å². The van der Waals surface area contributed by atoms with Gasteiger partial charge in [-0.15, -0.1) is 0 Å². The minimum absolute atomic E-state index is 0.241. The number of amides is 2. The molecule has 1 saturated heterocycles. The average Bonchev–Trinajstić information content (AvgIpc) is 2.84. The predicted octanol–water partition coefficient (Wildman–Crippen LogP) is 0.725. The molecule has 2 atom stereocenters. The monoisotopic (exact) mass is 256 g/mol. The maximum absolute atomic E-state index is 12.4. The third-order valence-electron chi connectivity index (χ3n) is 4.67. The molecule has 2 amide bonds. The van der Waals surface area contributed by atoms with Crippen molar-refractivity contribution in [3.05, 3.63) is 34.9 Å². The summed E-state index contributed by atoms with van der Waals surface area (Å²) in [6.07, 6.45) is 2.41. The van der Waals surface area contributed by atoms with Crippen LogP contribution >= 0.6 is 0 Å². The Morgan fingerprint density at radius 1 is 1.37 bits per heavy atom. The van der Waals surface area contributed by atoms with Crippen molar-refractivity contribution < 1.29 is 14.8 Å². The Morgan fingerprint density at radius 3 is 3.00 bits per heavy atom. The number of nitrogens with one attached hydrogen (secondary N) is 1. The van der Waals surface area contributed by atoms with E-state index in [0.717, 1.165) is 29.5 Å². The summed E-state index contributed by atoms with van der Waals surface area (Å²) in [4.78, 5) is 24.4. The van der Waals surface area contributed by atoms with Crippen LogP contribution in [0.3, 0.4) is 0 Å². The zero-order chi connectivity index (χ0) is 13.2. The standard InChI is InChI=1S/C14H12N2O3/c17-12-10-11(16-19)8-5-1-3-7-4-2-6-14(10,9(7)8)13(18)15-12/h1,3,5,10,19H,2,4,6H2,(H,15,17,18)/b16-11+/t10-,14+/m1/s1. The molecule has 1 fully saturated rings. The summed E-state index contributed by atoms with van der Waals surface area (Å²) in [5.41, 5.74) is 2.26. The molecule has 1 heterocycles. The Bertz CT molecular complexity index is 665. The first kappa shape index (κ1) is 10.7. The van der Waals surface area contributed by atoms with Crippen molar-refractivity contribution in [3.8, 4) is 0 Å². The van der Waals surface area contributed by atoms with Gasteiger partial charge in [-0.2, -0.15) is 0 Å². The topological polar surface area (TPSA) is 78.8 Å². The maximum atomic E-state index is 12.4. The fourth-order valence-corrected chi connectivity index (χ4v) is 4.02. The largest absolute Gasteiger partial charge is 0.411 e. The Kier molecular flexibility index (Phi) is 1.82. The van der Waals surface area contributed by atoms with Crippen LogP contribution in [0.2, 0.25) is 0 Å². The van der Waals surface area contributed by atoms with Crippen LogP contribution in [0.25, 0.3) is 0 Å². The van der Waals surface area contributed by atoms with Gasteiger partial charge >= 0.3 is 0 Å². The summed E-state index contributed by atoms with van der Waals surface area (Å²) in [6.45, 7) is 0. The molecule has 2 aliphatic carbocycles. The molecule has 1 aromatic rings. The summed E-state index contributed by atoms with van der Waals surface area (Å²) in [6, 6.07) is 5.72. The van der Waals surface area contributed by atoms with Crippen LogP contribution in [0.1, 0.15) is 29.5 Å². The van der Waals surface area contributed by atoms with Crippen molar-refractivity contribution >= 4 is 17.5 Å². The van der Waals surface area contributed by atoms with Gasteiger partial charge in [0.05, 0.1) is 5.41 Å². The lowest BCUT2D eigenvalue weighted by atomic mass is 9.67. The zero-order valence-electron chi connectivity index (χ0n) is 10.1. The first-order valence-electron chi connectivity index (χ1n) is 6.40. The molecule has 1 aliphatic heterocycles. The van der Waals surface area contributed by atoms with Crippen LogP contribution in [0.4, 0.5) is 0 Å². The number of hydrogen-bond donors (Lipinski definition) is 2. The van der Waals surface area contributed by atoms with Gasteiger partial charge < -0.3 is 5.21 Å². The zero-order valence-corrected chi connectivity index (χ0v) is 10.1. The number of imide groups is 1. The molecule has 0 radical (unpaired) electrons. The molecule has 19 heavy (non-hydrogen) atoms. The van der Waals surface area contributed by atoms with Gasteiger partial charge in [0, 0.05) is 5.56 Å². The number of hydrogen-bond acceptors (Lipinski definition) is 4. The summed E-state index contributed by atoms with van der Waals surface area (Å²) < 4.78 is 0. The molecule has 0 aromatic heterocycles. The fourth-order valence-electron chi connectivity index (χ4n) is 4.02. The Morgan fingerprint density at radius 2 is 2.21 bits per heavy atom. The highest BCUT2D eigenvalue weighted by Crippen LogP contribution is 2.53. The molecule has 0 saturated carbocycles. The van der Waals surface area contributed by atoms with E-state index in [1.165, 1.54) is 0 Å². The van der Waals surface area contributed by atoms with Crippen molar-refractivity contribution in [3.63, 3.8) is 0 Å². The number of aryl methyl sites for hydroxylation is 1. The second-order valence-electron chi connectivity index (χ2n) is 5.40. The number of oxime groups is 1. The van der Waals surface area contributed by atoms with Crippen LogP contribution in [0.15, 0.2) is 23.4 Å². The van der Waals surface area contributed by atoms with E-state index >= 15 is 0 Å². The second-order valence-corrected chi connectivity index (χ2v) is 5.40. The van der Waals surface area contributed by atoms with Crippen molar-refractivity contribution in [2.24, 2.45) is 11.1 Å². The van der Waals surface area contributed by atoms with E-state index in [4.69, 9.17) is 0 Å².